The van der Waals surface area contributed by atoms with Crippen molar-refractivity contribution in [1.29, 1.82) is 0 Å². The van der Waals surface area contributed by atoms with Crippen molar-refractivity contribution in [1.82, 2.24) is 9.55 Å². The highest BCUT2D eigenvalue weighted by Gasteiger charge is 2.05. The van der Waals surface area contributed by atoms with Gasteiger partial charge in [-0.1, -0.05) is 18.7 Å². The van der Waals surface area contributed by atoms with Gasteiger partial charge in [-0.15, -0.1) is 0 Å². The van der Waals surface area contributed by atoms with Crippen molar-refractivity contribution in [3.63, 3.8) is 0 Å². The molecule has 2 nitrogen and oxygen atoms in total. The molecule has 1 heterocycles. The summed E-state index contributed by atoms with van der Waals surface area (Å²) in [5.74, 6) is 1.09. The number of aryl methyl sites for hydroxylation is 1. The summed E-state index contributed by atoms with van der Waals surface area (Å²) in [5.41, 5.74) is 2.41. The molecule has 0 aliphatic heterocycles. The molecule has 0 fully saturated rings. The number of hydrogen-bond acceptors (Lipinski definition) is 2. The van der Waals surface area contributed by atoms with Gasteiger partial charge >= 0.3 is 0 Å². The summed E-state index contributed by atoms with van der Waals surface area (Å²) in [6.07, 6.45) is 0. The van der Waals surface area contributed by atoms with E-state index in [0.717, 1.165) is 16.6 Å². The Hall–Kier alpha value is -0.440. The lowest BCUT2D eigenvalue weighted by molar-refractivity contribution is 0.766. The van der Waals surface area contributed by atoms with E-state index in [1.807, 2.05) is 0 Å². The molecular weight excluding hydrogens is 156 g/mol. The van der Waals surface area contributed by atoms with Crippen LogP contribution in [0.15, 0.2) is 5.16 Å². The molecule has 0 spiro atoms. The summed E-state index contributed by atoms with van der Waals surface area (Å²) in [5, 5.41) is 1.13. The zero-order valence-electron chi connectivity index (χ0n) is 7.51. The fraction of sp³-hybridized carbons (Fsp3) is 0.625. The minimum atomic E-state index is 1.09. The molecule has 0 atom stereocenters. The third-order valence-electron chi connectivity index (χ3n) is 1.85. The van der Waals surface area contributed by atoms with Crippen LogP contribution in [-0.4, -0.2) is 15.3 Å². The Kier molecular flexibility index (Phi) is 2.60. The Morgan fingerprint density at radius 2 is 2.09 bits per heavy atom. The molecule has 0 saturated heterocycles. The maximum atomic E-state index is 4.43. The maximum absolute atomic E-state index is 4.43. The van der Waals surface area contributed by atoms with E-state index in [0.29, 0.717) is 0 Å². The van der Waals surface area contributed by atoms with Gasteiger partial charge in [-0.25, -0.2) is 4.98 Å². The van der Waals surface area contributed by atoms with E-state index in [-0.39, 0.29) is 0 Å². The molecule has 0 bridgehead atoms. The van der Waals surface area contributed by atoms with Gasteiger partial charge in [-0.05, 0) is 19.6 Å². The number of hydrogen-bond donors (Lipinski definition) is 0. The average Bonchev–Trinajstić information content (AvgIpc) is 2.19. The summed E-state index contributed by atoms with van der Waals surface area (Å²) in [4.78, 5) is 4.43. The van der Waals surface area contributed by atoms with Gasteiger partial charge < -0.3 is 4.57 Å². The molecule has 11 heavy (non-hydrogen) atoms. The van der Waals surface area contributed by atoms with Gasteiger partial charge in [0.2, 0.25) is 0 Å². The van der Waals surface area contributed by atoms with Gasteiger partial charge in [-0.3, -0.25) is 0 Å². The molecule has 1 aromatic rings. The molecule has 0 amide bonds. The SMILES string of the molecule is CCSc1nc(C)c(C)n1C. The first kappa shape index (κ1) is 8.65. The molecule has 0 saturated carbocycles. The van der Waals surface area contributed by atoms with E-state index in [1.165, 1.54) is 5.69 Å². The van der Waals surface area contributed by atoms with Crippen molar-refractivity contribution >= 4 is 11.8 Å². The number of rotatable bonds is 2. The largest absolute Gasteiger partial charge is 0.326 e. The number of aromatic nitrogens is 2. The zero-order valence-corrected chi connectivity index (χ0v) is 8.33. The van der Waals surface area contributed by atoms with Gasteiger partial charge in [0.25, 0.3) is 0 Å². The monoisotopic (exact) mass is 170 g/mol. The van der Waals surface area contributed by atoms with Crippen molar-refractivity contribution in [3.05, 3.63) is 11.4 Å². The number of thioether (sulfide) groups is 1. The predicted octanol–water partition coefficient (Wildman–Crippen LogP) is 2.15. The second-order valence-electron chi connectivity index (χ2n) is 2.56. The lowest BCUT2D eigenvalue weighted by atomic mass is 10.4. The number of imidazole rings is 1. The Balaban J connectivity index is 2.98. The summed E-state index contributed by atoms with van der Waals surface area (Å²) in [6, 6.07) is 0. The Bertz CT molecular complexity index is 253. The lowest BCUT2D eigenvalue weighted by Gasteiger charge is -1.99. The highest BCUT2D eigenvalue weighted by molar-refractivity contribution is 7.99. The standard InChI is InChI=1S/C8H14N2S/c1-5-11-8-9-6(2)7(3)10(8)4/h5H2,1-4H3. The van der Waals surface area contributed by atoms with Gasteiger partial charge in [0.1, 0.15) is 0 Å². The zero-order chi connectivity index (χ0) is 8.43. The van der Waals surface area contributed by atoms with Gasteiger partial charge in [-0.2, -0.15) is 0 Å². The van der Waals surface area contributed by atoms with Crippen LogP contribution in [0.4, 0.5) is 0 Å². The Morgan fingerprint density at radius 1 is 1.45 bits per heavy atom. The van der Waals surface area contributed by atoms with E-state index in [2.05, 4.69) is 37.4 Å². The minimum Gasteiger partial charge on any atom is -0.326 e. The van der Waals surface area contributed by atoms with Crippen molar-refractivity contribution in [2.24, 2.45) is 7.05 Å². The highest BCUT2D eigenvalue weighted by atomic mass is 32.2. The first-order valence-electron chi connectivity index (χ1n) is 3.79. The summed E-state index contributed by atoms with van der Waals surface area (Å²) < 4.78 is 2.14. The summed E-state index contributed by atoms with van der Waals surface area (Å²) in [7, 11) is 2.06. The van der Waals surface area contributed by atoms with Crippen molar-refractivity contribution in [2.75, 3.05) is 5.75 Å². The second kappa shape index (κ2) is 3.30. The summed E-state index contributed by atoms with van der Waals surface area (Å²) >= 11 is 1.79. The minimum absolute atomic E-state index is 1.09. The predicted molar refractivity (Wildman–Crippen MR) is 49.1 cm³/mol. The molecule has 0 aliphatic carbocycles. The van der Waals surface area contributed by atoms with Crippen molar-refractivity contribution in [2.45, 2.75) is 25.9 Å². The first-order valence-corrected chi connectivity index (χ1v) is 4.78. The molecule has 0 aromatic carbocycles. The topological polar surface area (TPSA) is 17.8 Å². The smallest absolute Gasteiger partial charge is 0.168 e. The fourth-order valence-corrected chi connectivity index (χ4v) is 1.73. The highest BCUT2D eigenvalue weighted by Crippen LogP contribution is 2.18. The van der Waals surface area contributed by atoms with Crippen LogP contribution in [0.5, 0.6) is 0 Å². The van der Waals surface area contributed by atoms with E-state index in [9.17, 15) is 0 Å². The normalized spacial score (nSPS) is 10.5. The Labute approximate surface area is 72.0 Å². The van der Waals surface area contributed by atoms with Crippen LogP contribution in [0.25, 0.3) is 0 Å². The molecule has 0 N–H and O–H groups in total. The first-order chi connectivity index (χ1) is 5.16. The van der Waals surface area contributed by atoms with Gasteiger partial charge in [0.15, 0.2) is 5.16 Å². The van der Waals surface area contributed by atoms with Crippen LogP contribution in [0, 0.1) is 13.8 Å². The van der Waals surface area contributed by atoms with Crippen LogP contribution in [0.3, 0.4) is 0 Å². The quantitative estimate of drug-likeness (QED) is 0.633. The third kappa shape index (κ3) is 1.59. The molecule has 1 aromatic heterocycles. The molecule has 0 radical (unpaired) electrons. The molecule has 62 valence electrons. The molecule has 0 unspecified atom stereocenters. The molecule has 1 rings (SSSR count). The van der Waals surface area contributed by atoms with Crippen molar-refractivity contribution in [3.8, 4) is 0 Å². The van der Waals surface area contributed by atoms with Gasteiger partial charge in [0.05, 0.1) is 5.69 Å². The van der Waals surface area contributed by atoms with Gasteiger partial charge in [0, 0.05) is 12.7 Å². The lowest BCUT2D eigenvalue weighted by Crippen LogP contribution is -1.93. The second-order valence-corrected chi connectivity index (χ2v) is 3.79. The van der Waals surface area contributed by atoms with Crippen LogP contribution in [0.2, 0.25) is 0 Å². The Morgan fingerprint density at radius 3 is 2.45 bits per heavy atom. The third-order valence-corrected chi connectivity index (χ3v) is 2.76. The molecular formula is C8H14N2S. The average molecular weight is 170 g/mol. The van der Waals surface area contributed by atoms with Crippen LogP contribution < -0.4 is 0 Å². The van der Waals surface area contributed by atoms with E-state index in [1.54, 1.807) is 11.8 Å². The van der Waals surface area contributed by atoms with Crippen LogP contribution in [0.1, 0.15) is 18.3 Å². The maximum Gasteiger partial charge on any atom is 0.168 e. The van der Waals surface area contributed by atoms with Crippen molar-refractivity contribution < 1.29 is 0 Å². The van der Waals surface area contributed by atoms with E-state index >= 15 is 0 Å². The fourth-order valence-electron chi connectivity index (χ4n) is 0.944. The van der Waals surface area contributed by atoms with Crippen LogP contribution >= 0.6 is 11.8 Å². The summed E-state index contributed by atoms with van der Waals surface area (Å²) in [6.45, 7) is 6.29. The number of nitrogens with zero attached hydrogens (tertiary/aromatic N) is 2. The van der Waals surface area contributed by atoms with E-state index in [4.69, 9.17) is 0 Å². The van der Waals surface area contributed by atoms with E-state index < -0.39 is 0 Å². The molecule has 0 aliphatic rings. The molecule has 3 heteroatoms. The van der Waals surface area contributed by atoms with Crippen LogP contribution in [-0.2, 0) is 7.05 Å².